The smallest absolute Gasteiger partial charge is 0.183 e. The average molecular weight is 157 g/mol. The molecule has 0 spiro atoms. The maximum absolute atomic E-state index is 7.51. The van der Waals surface area contributed by atoms with Crippen molar-refractivity contribution in [1.82, 2.24) is 0 Å². The fourth-order valence-corrected chi connectivity index (χ4v) is 1.23. The zero-order chi connectivity index (χ0) is 8.10. The fraction of sp³-hybridized carbons (Fsp3) is 0.875. The summed E-state index contributed by atoms with van der Waals surface area (Å²) in [6, 6.07) is 0. The van der Waals surface area contributed by atoms with Crippen LogP contribution in [0.25, 0.3) is 0 Å². The second-order valence-electron chi connectivity index (χ2n) is 2.68. The normalized spacial score (nSPS) is 19.7. The van der Waals surface area contributed by atoms with E-state index < -0.39 is 0 Å². The highest BCUT2D eigenvalue weighted by Gasteiger charge is 2.18. The lowest BCUT2D eigenvalue weighted by atomic mass is 10.0. The first-order valence-corrected chi connectivity index (χ1v) is 4.13. The van der Waals surface area contributed by atoms with Gasteiger partial charge in [0.05, 0.1) is 6.61 Å². The minimum atomic E-state index is 0.309. The van der Waals surface area contributed by atoms with Crippen molar-refractivity contribution in [2.24, 2.45) is 5.92 Å². The molecule has 1 N–H and O–H groups in total. The van der Waals surface area contributed by atoms with Gasteiger partial charge in [0.2, 0.25) is 0 Å². The summed E-state index contributed by atoms with van der Waals surface area (Å²) in [5, 5.41) is 7.51. The van der Waals surface area contributed by atoms with Gasteiger partial charge in [0, 0.05) is 19.1 Å². The Morgan fingerprint density at radius 1 is 1.55 bits per heavy atom. The Balaban J connectivity index is 2.27. The van der Waals surface area contributed by atoms with E-state index in [2.05, 4.69) is 0 Å². The van der Waals surface area contributed by atoms with Crippen LogP contribution in [0.2, 0.25) is 0 Å². The van der Waals surface area contributed by atoms with Crippen LogP contribution in [-0.2, 0) is 9.47 Å². The van der Waals surface area contributed by atoms with Crippen molar-refractivity contribution < 1.29 is 9.47 Å². The van der Waals surface area contributed by atoms with Crippen molar-refractivity contribution in [3.05, 3.63) is 0 Å². The second-order valence-corrected chi connectivity index (χ2v) is 2.68. The minimum Gasteiger partial charge on any atom is -0.481 e. The van der Waals surface area contributed by atoms with Crippen molar-refractivity contribution >= 4 is 5.90 Å². The Morgan fingerprint density at radius 2 is 2.18 bits per heavy atom. The molecule has 0 aromatic heterocycles. The van der Waals surface area contributed by atoms with E-state index in [4.69, 9.17) is 14.9 Å². The molecule has 3 nitrogen and oxygen atoms in total. The molecule has 0 radical (unpaired) electrons. The van der Waals surface area contributed by atoms with E-state index in [-0.39, 0.29) is 0 Å². The minimum absolute atomic E-state index is 0.309. The largest absolute Gasteiger partial charge is 0.481 e. The van der Waals surface area contributed by atoms with E-state index in [1.54, 1.807) is 0 Å². The van der Waals surface area contributed by atoms with Gasteiger partial charge in [-0.2, -0.15) is 0 Å². The number of ether oxygens (including phenoxy) is 2. The van der Waals surface area contributed by atoms with E-state index in [1.165, 1.54) is 0 Å². The molecule has 1 heterocycles. The van der Waals surface area contributed by atoms with Gasteiger partial charge < -0.3 is 9.47 Å². The Labute approximate surface area is 67.2 Å². The van der Waals surface area contributed by atoms with Crippen LogP contribution >= 0.6 is 0 Å². The van der Waals surface area contributed by atoms with Crippen molar-refractivity contribution in [3.8, 4) is 0 Å². The van der Waals surface area contributed by atoms with Crippen LogP contribution in [0.5, 0.6) is 0 Å². The zero-order valence-electron chi connectivity index (χ0n) is 6.93. The molecule has 0 atom stereocenters. The third-order valence-corrected chi connectivity index (χ3v) is 1.89. The van der Waals surface area contributed by atoms with E-state index in [9.17, 15) is 0 Å². The van der Waals surface area contributed by atoms with Gasteiger partial charge in [0.25, 0.3) is 0 Å². The van der Waals surface area contributed by atoms with Gasteiger partial charge in [0.1, 0.15) is 0 Å². The van der Waals surface area contributed by atoms with E-state index in [0.717, 1.165) is 26.1 Å². The molecule has 0 aromatic rings. The van der Waals surface area contributed by atoms with Crippen molar-refractivity contribution in [2.45, 2.75) is 19.8 Å². The summed E-state index contributed by atoms with van der Waals surface area (Å²) < 4.78 is 10.3. The van der Waals surface area contributed by atoms with Crippen molar-refractivity contribution in [1.29, 1.82) is 5.41 Å². The van der Waals surface area contributed by atoms with Crippen LogP contribution in [0, 0.1) is 11.3 Å². The topological polar surface area (TPSA) is 42.3 Å². The van der Waals surface area contributed by atoms with Crippen LogP contribution in [0.3, 0.4) is 0 Å². The second kappa shape index (κ2) is 4.34. The van der Waals surface area contributed by atoms with E-state index in [0.29, 0.717) is 18.4 Å². The quantitative estimate of drug-likeness (QED) is 0.486. The molecule has 1 saturated heterocycles. The summed E-state index contributed by atoms with van der Waals surface area (Å²) in [6.07, 6.45) is 1.89. The zero-order valence-corrected chi connectivity index (χ0v) is 6.93. The van der Waals surface area contributed by atoms with E-state index >= 15 is 0 Å². The Kier molecular flexibility index (Phi) is 3.36. The van der Waals surface area contributed by atoms with Crippen LogP contribution in [-0.4, -0.2) is 25.7 Å². The van der Waals surface area contributed by atoms with Gasteiger partial charge in [-0.3, -0.25) is 5.41 Å². The first-order valence-electron chi connectivity index (χ1n) is 4.13. The first-order chi connectivity index (χ1) is 5.34. The molecule has 0 aromatic carbocycles. The molecule has 0 unspecified atom stereocenters. The Hall–Kier alpha value is -0.570. The molecule has 1 aliphatic heterocycles. The monoisotopic (exact) mass is 157 g/mol. The lowest BCUT2D eigenvalue weighted by Gasteiger charge is -2.21. The molecular formula is C8H15NO2. The van der Waals surface area contributed by atoms with Crippen molar-refractivity contribution in [2.75, 3.05) is 19.8 Å². The molecular weight excluding hydrogens is 142 g/mol. The number of hydrogen-bond acceptors (Lipinski definition) is 3. The van der Waals surface area contributed by atoms with Gasteiger partial charge >= 0.3 is 0 Å². The third-order valence-electron chi connectivity index (χ3n) is 1.89. The average Bonchev–Trinajstić information content (AvgIpc) is 2.07. The molecule has 3 heteroatoms. The van der Waals surface area contributed by atoms with Gasteiger partial charge in [-0.15, -0.1) is 0 Å². The maximum Gasteiger partial charge on any atom is 0.183 e. The van der Waals surface area contributed by atoms with Gasteiger partial charge in [-0.05, 0) is 19.8 Å². The SMILES string of the molecule is CCOC(=N)C1CCOCC1. The van der Waals surface area contributed by atoms with Gasteiger partial charge in [0.15, 0.2) is 5.90 Å². The molecule has 1 aliphatic rings. The number of hydrogen-bond donors (Lipinski definition) is 1. The third kappa shape index (κ3) is 2.50. The summed E-state index contributed by atoms with van der Waals surface area (Å²) in [6.45, 7) is 4.07. The number of rotatable bonds is 2. The lowest BCUT2D eigenvalue weighted by Crippen LogP contribution is -2.24. The number of nitrogens with one attached hydrogen (secondary N) is 1. The van der Waals surface area contributed by atoms with Gasteiger partial charge in [-0.1, -0.05) is 0 Å². The Morgan fingerprint density at radius 3 is 2.73 bits per heavy atom. The summed E-state index contributed by atoms with van der Waals surface area (Å²) in [7, 11) is 0. The van der Waals surface area contributed by atoms with Crippen LogP contribution in [0.15, 0.2) is 0 Å². The molecule has 0 bridgehead atoms. The molecule has 0 aliphatic carbocycles. The summed E-state index contributed by atoms with van der Waals surface area (Å²) in [5.74, 6) is 0.750. The summed E-state index contributed by atoms with van der Waals surface area (Å²) >= 11 is 0. The standard InChI is InChI=1S/C8H15NO2/c1-2-11-8(9)7-3-5-10-6-4-7/h7,9H,2-6H2,1H3. The van der Waals surface area contributed by atoms with E-state index in [1.807, 2.05) is 6.92 Å². The van der Waals surface area contributed by atoms with Crippen LogP contribution in [0.4, 0.5) is 0 Å². The summed E-state index contributed by atoms with van der Waals surface area (Å²) in [4.78, 5) is 0. The highest BCUT2D eigenvalue weighted by molar-refractivity contribution is 5.75. The molecule has 1 rings (SSSR count). The molecule has 11 heavy (non-hydrogen) atoms. The molecule has 1 fully saturated rings. The first kappa shape index (κ1) is 8.53. The van der Waals surface area contributed by atoms with Gasteiger partial charge in [-0.25, -0.2) is 0 Å². The lowest BCUT2D eigenvalue weighted by molar-refractivity contribution is 0.0758. The predicted octanol–water partition coefficient (Wildman–Crippen LogP) is 1.43. The molecule has 0 saturated carbocycles. The molecule has 64 valence electrons. The Bertz CT molecular complexity index is 130. The summed E-state index contributed by atoms with van der Waals surface area (Å²) in [5.41, 5.74) is 0. The fourth-order valence-electron chi connectivity index (χ4n) is 1.23. The predicted molar refractivity (Wildman–Crippen MR) is 42.9 cm³/mol. The highest BCUT2D eigenvalue weighted by atomic mass is 16.5. The highest BCUT2D eigenvalue weighted by Crippen LogP contribution is 2.15. The maximum atomic E-state index is 7.51. The van der Waals surface area contributed by atoms with Crippen LogP contribution < -0.4 is 0 Å². The molecule has 0 amide bonds. The van der Waals surface area contributed by atoms with Crippen molar-refractivity contribution in [3.63, 3.8) is 0 Å². The van der Waals surface area contributed by atoms with Crippen LogP contribution in [0.1, 0.15) is 19.8 Å².